The van der Waals surface area contributed by atoms with Gasteiger partial charge in [-0.2, -0.15) is 0 Å². The van der Waals surface area contributed by atoms with Crippen LogP contribution in [-0.2, 0) is 16.0 Å². The lowest BCUT2D eigenvalue weighted by Gasteiger charge is -2.15. The molecule has 0 saturated carbocycles. The third kappa shape index (κ3) is 2.44. The number of hydrogen-bond acceptors (Lipinski definition) is 5. The van der Waals surface area contributed by atoms with Crippen molar-refractivity contribution in [3.05, 3.63) is 17.8 Å². The quantitative estimate of drug-likeness (QED) is 0.856. The van der Waals surface area contributed by atoms with E-state index in [-0.39, 0.29) is 6.10 Å². The lowest BCUT2D eigenvalue weighted by molar-refractivity contribution is 0.0192. The first kappa shape index (κ1) is 12.8. The number of fused-ring (bicyclic) bond motifs is 1. The van der Waals surface area contributed by atoms with Gasteiger partial charge in [-0.1, -0.05) is 0 Å². The van der Waals surface area contributed by atoms with Gasteiger partial charge in [0.15, 0.2) is 5.65 Å². The molecule has 0 saturated heterocycles. The summed E-state index contributed by atoms with van der Waals surface area (Å²) in [6.07, 6.45) is -0.0722. The van der Waals surface area contributed by atoms with Gasteiger partial charge in [0.1, 0.15) is 5.52 Å². The van der Waals surface area contributed by atoms with E-state index < -0.39 is 0 Å². The number of methoxy groups -OCH3 is 2. The van der Waals surface area contributed by atoms with Crippen LogP contribution < -0.4 is 5.73 Å². The smallest absolute Gasteiger partial charge is 0.202 e. The number of aryl methyl sites for hydroxylation is 1. The number of ether oxygens (including phenoxy) is 2. The zero-order valence-electron chi connectivity index (χ0n) is 10.9. The first-order valence-electron chi connectivity index (χ1n) is 5.76. The van der Waals surface area contributed by atoms with Crippen LogP contribution in [0.3, 0.4) is 0 Å². The molecule has 0 amide bonds. The summed E-state index contributed by atoms with van der Waals surface area (Å²) in [6, 6.07) is 3.84. The Morgan fingerprint density at radius 3 is 2.78 bits per heavy atom. The van der Waals surface area contributed by atoms with Crippen LogP contribution >= 0.6 is 0 Å². The zero-order valence-corrected chi connectivity index (χ0v) is 10.9. The molecule has 18 heavy (non-hydrogen) atoms. The Morgan fingerprint density at radius 2 is 2.11 bits per heavy atom. The second-order valence-corrected chi connectivity index (χ2v) is 4.19. The van der Waals surface area contributed by atoms with E-state index in [0.717, 1.165) is 16.9 Å². The van der Waals surface area contributed by atoms with Crippen LogP contribution in [0, 0.1) is 6.92 Å². The molecular formula is C12H18N4O2. The fraction of sp³-hybridized carbons (Fsp3) is 0.500. The molecule has 0 bridgehead atoms. The molecular weight excluding hydrogens is 232 g/mol. The monoisotopic (exact) mass is 250 g/mol. The molecule has 0 aliphatic heterocycles. The summed E-state index contributed by atoms with van der Waals surface area (Å²) in [5.41, 5.74) is 8.43. The molecule has 0 radical (unpaired) electrons. The van der Waals surface area contributed by atoms with Gasteiger partial charge < -0.3 is 15.2 Å². The number of anilines is 1. The summed E-state index contributed by atoms with van der Waals surface area (Å²) in [5, 5.41) is 0. The molecule has 6 heteroatoms. The predicted octanol–water partition coefficient (Wildman–Crippen LogP) is 0.983. The van der Waals surface area contributed by atoms with Crippen molar-refractivity contribution in [1.82, 2.24) is 14.5 Å². The fourth-order valence-electron chi connectivity index (χ4n) is 1.88. The number of nitrogens with two attached hydrogens (primary N) is 1. The van der Waals surface area contributed by atoms with Crippen LogP contribution in [0.4, 0.5) is 5.95 Å². The summed E-state index contributed by atoms with van der Waals surface area (Å²) >= 11 is 0. The molecule has 2 aromatic rings. The maximum atomic E-state index is 5.92. The molecule has 0 spiro atoms. The molecule has 2 rings (SSSR count). The van der Waals surface area contributed by atoms with E-state index in [0.29, 0.717) is 19.1 Å². The topological polar surface area (TPSA) is 75.2 Å². The van der Waals surface area contributed by atoms with E-state index in [4.69, 9.17) is 15.2 Å². The zero-order chi connectivity index (χ0) is 13.1. The van der Waals surface area contributed by atoms with Crippen molar-refractivity contribution in [2.24, 2.45) is 0 Å². The lowest BCUT2D eigenvalue weighted by atomic mass is 10.3. The van der Waals surface area contributed by atoms with Gasteiger partial charge >= 0.3 is 0 Å². The Hall–Kier alpha value is -1.66. The van der Waals surface area contributed by atoms with E-state index >= 15 is 0 Å². The highest BCUT2D eigenvalue weighted by Gasteiger charge is 2.14. The molecule has 1 unspecified atom stereocenters. The molecule has 6 nitrogen and oxygen atoms in total. The van der Waals surface area contributed by atoms with Crippen LogP contribution in [0.5, 0.6) is 0 Å². The van der Waals surface area contributed by atoms with E-state index in [1.165, 1.54) is 0 Å². The lowest BCUT2D eigenvalue weighted by Crippen LogP contribution is -2.24. The maximum absolute atomic E-state index is 5.92. The second-order valence-electron chi connectivity index (χ2n) is 4.19. The van der Waals surface area contributed by atoms with E-state index in [1.807, 2.05) is 23.6 Å². The maximum Gasteiger partial charge on any atom is 0.202 e. The van der Waals surface area contributed by atoms with Crippen LogP contribution in [-0.4, -0.2) is 41.5 Å². The van der Waals surface area contributed by atoms with Crippen molar-refractivity contribution in [2.45, 2.75) is 19.6 Å². The highest BCUT2D eigenvalue weighted by atomic mass is 16.5. The molecule has 98 valence electrons. The Bertz CT molecular complexity index is 538. The van der Waals surface area contributed by atoms with Gasteiger partial charge in [-0.25, -0.2) is 9.97 Å². The molecule has 2 heterocycles. The van der Waals surface area contributed by atoms with Gasteiger partial charge in [0, 0.05) is 19.9 Å². The SMILES string of the molecule is COCC(Cn1c(N)nc2ccc(C)nc21)OC. The number of rotatable bonds is 5. The molecule has 2 aromatic heterocycles. The predicted molar refractivity (Wildman–Crippen MR) is 69.4 cm³/mol. The largest absolute Gasteiger partial charge is 0.382 e. The van der Waals surface area contributed by atoms with E-state index in [1.54, 1.807) is 14.2 Å². The third-order valence-electron chi connectivity index (χ3n) is 2.83. The molecule has 0 aromatic carbocycles. The molecule has 2 N–H and O–H groups in total. The van der Waals surface area contributed by atoms with Gasteiger partial charge in [0.05, 0.1) is 19.3 Å². The summed E-state index contributed by atoms with van der Waals surface area (Å²) in [5.74, 6) is 0.446. The first-order valence-corrected chi connectivity index (χ1v) is 5.76. The Morgan fingerprint density at radius 1 is 1.33 bits per heavy atom. The summed E-state index contributed by atoms with van der Waals surface area (Å²) in [4.78, 5) is 8.75. The van der Waals surface area contributed by atoms with Crippen molar-refractivity contribution in [3.8, 4) is 0 Å². The average molecular weight is 250 g/mol. The summed E-state index contributed by atoms with van der Waals surface area (Å²) in [7, 11) is 3.29. The molecule has 0 aliphatic rings. The van der Waals surface area contributed by atoms with E-state index in [2.05, 4.69) is 9.97 Å². The van der Waals surface area contributed by atoms with Crippen molar-refractivity contribution in [3.63, 3.8) is 0 Å². The van der Waals surface area contributed by atoms with E-state index in [9.17, 15) is 0 Å². The number of nitrogens with zero attached hydrogens (tertiary/aromatic N) is 3. The Kier molecular flexibility index (Phi) is 3.78. The van der Waals surface area contributed by atoms with Gasteiger partial charge in [-0.05, 0) is 19.1 Å². The minimum atomic E-state index is -0.0722. The van der Waals surface area contributed by atoms with Gasteiger partial charge in [-0.15, -0.1) is 0 Å². The van der Waals surface area contributed by atoms with Crippen LogP contribution in [0.1, 0.15) is 5.69 Å². The number of pyridine rings is 1. The number of aromatic nitrogens is 3. The molecule has 0 aliphatic carbocycles. The van der Waals surface area contributed by atoms with Crippen molar-refractivity contribution >= 4 is 17.1 Å². The minimum absolute atomic E-state index is 0.0722. The summed E-state index contributed by atoms with van der Waals surface area (Å²) < 4.78 is 12.3. The Balaban J connectivity index is 2.36. The minimum Gasteiger partial charge on any atom is -0.382 e. The highest BCUT2D eigenvalue weighted by Crippen LogP contribution is 2.17. The van der Waals surface area contributed by atoms with Gasteiger partial charge in [0.25, 0.3) is 0 Å². The first-order chi connectivity index (χ1) is 8.65. The van der Waals surface area contributed by atoms with Crippen LogP contribution in [0.2, 0.25) is 0 Å². The van der Waals surface area contributed by atoms with Gasteiger partial charge in [0.2, 0.25) is 5.95 Å². The van der Waals surface area contributed by atoms with Crippen molar-refractivity contribution in [1.29, 1.82) is 0 Å². The number of nitrogen functional groups attached to an aromatic ring is 1. The number of hydrogen-bond donors (Lipinski definition) is 1. The Labute approximate surface area is 106 Å². The molecule has 0 fully saturated rings. The third-order valence-corrected chi connectivity index (χ3v) is 2.83. The summed E-state index contributed by atoms with van der Waals surface area (Å²) in [6.45, 7) is 3.01. The second kappa shape index (κ2) is 5.32. The van der Waals surface area contributed by atoms with Crippen molar-refractivity contribution in [2.75, 3.05) is 26.6 Å². The molecule has 1 atom stereocenters. The van der Waals surface area contributed by atoms with Crippen LogP contribution in [0.15, 0.2) is 12.1 Å². The van der Waals surface area contributed by atoms with Crippen LogP contribution in [0.25, 0.3) is 11.2 Å². The fourth-order valence-corrected chi connectivity index (χ4v) is 1.88. The normalized spacial score (nSPS) is 13.1. The van der Waals surface area contributed by atoms with Gasteiger partial charge in [-0.3, -0.25) is 4.57 Å². The average Bonchev–Trinajstić information content (AvgIpc) is 2.65. The van der Waals surface area contributed by atoms with Crippen molar-refractivity contribution < 1.29 is 9.47 Å². The highest BCUT2D eigenvalue weighted by molar-refractivity contribution is 5.74. The standard InChI is InChI=1S/C12H18N4O2/c1-8-4-5-10-11(14-8)16(12(13)15-10)6-9(18-3)7-17-2/h4-5,9H,6-7H2,1-3H3,(H2,13,15). The number of imidazole rings is 1.